The number of likely N-dealkylation sites (N-methyl/N-ethyl adjacent to an activating group) is 1. The van der Waals surface area contributed by atoms with Crippen LogP contribution in [0.1, 0.15) is 17.3 Å². The lowest BCUT2D eigenvalue weighted by Crippen LogP contribution is -2.69. The fourth-order valence-corrected chi connectivity index (χ4v) is 3.11. The zero-order valence-electron chi connectivity index (χ0n) is 13.3. The Morgan fingerprint density at radius 2 is 1.88 bits per heavy atom. The van der Waals surface area contributed by atoms with E-state index in [2.05, 4.69) is 0 Å². The number of amides is 3. The third kappa shape index (κ3) is 2.51. The zero-order chi connectivity index (χ0) is 17.6. The van der Waals surface area contributed by atoms with E-state index in [4.69, 9.17) is 0 Å². The minimum absolute atomic E-state index is 0.0313. The maximum Gasteiger partial charge on any atom is 0.257 e. The molecule has 3 amide bonds. The minimum Gasteiger partial charge on any atom is -0.334 e. The van der Waals surface area contributed by atoms with Gasteiger partial charge in [0.15, 0.2) is 0 Å². The second-order valence-electron chi connectivity index (χ2n) is 6.05. The number of carbonyl (C=O) groups is 3. The lowest BCUT2D eigenvalue weighted by Gasteiger charge is -2.47. The fourth-order valence-electron chi connectivity index (χ4n) is 3.11. The van der Waals surface area contributed by atoms with Crippen LogP contribution in [0.5, 0.6) is 0 Å². The van der Waals surface area contributed by atoms with E-state index >= 15 is 0 Å². The molecule has 1 aromatic carbocycles. The van der Waals surface area contributed by atoms with Crippen molar-refractivity contribution in [3.05, 3.63) is 35.4 Å². The Kier molecular flexibility index (Phi) is 3.98. The van der Waals surface area contributed by atoms with Gasteiger partial charge in [0, 0.05) is 20.1 Å². The molecule has 24 heavy (non-hydrogen) atoms. The predicted octanol–water partition coefficient (Wildman–Crippen LogP) is 0.478. The standard InChI is InChI=1S/C16H17F2N3O3/c1-9-14(22)21-6-5-20(8-13(21)16(24)19(9)2)15(23)11-7-10(17)3-4-12(11)18/h3-4,7,9,13H,5-6,8H2,1-2H3. The third-order valence-corrected chi connectivity index (χ3v) is 4.68. The third-order valence-electron chi connectivity index (χ3n) is 4.68. The van der Waals surface area contributed by atoms with Crippen LogP contribution in [-0.2, 0) is 9.59 Å². The monoisotopic (exact) mass is 337 g/mol. The Balaban J connectivity index is 1.84. The molecule has 0 spiro atoms. The SMILES string of the molecule is CC1C(=O)N2CCN(C(=O)c3cc(F)ccc3F)CC2C(=O)N1C. The first-order chi connectivity index (χ1) is 11.3. The van der Waals surface area contributed by atoms with Crippen molar-refractivity contribution >= 4 is 17.7 Å². The van der Waals surface area contributed by atoms with E-state index in [1.54, 1.807) is 6.92 Å². The number of benzene rings is 1. The van der Waals surface area contributed by atoms with Crippen molar-refractivity contribution in [3.63, 3.8) is 0 Å². The smallest absolute Gasteiger partial charge is 0.257 e. The van der Waals surface area contributed by atoms with E-state index in [9.17, 15) is 23.2 Å². The molecule has 0 radical (unpaired) electrons. The van der Waals surface area contributed by atoms with E-state index in [-0.39, 0.29) is 37.0 Å². The van der Waals surface area contributed by atoms with Gasteiger partial charge in [0.05, 0.1) is 12.1 Å². The van der Waals surface area contributed by atoms with Gasteiger partial charge in [-0.3, -0.25) is 14.4 Å². The second-order valence-corrected chi connectivity index (χ2v) is 6.05. The summed E-state index contributed by atoms with van der Waals surface area (Å²) in [5.41, 5.74) is -0.375. The molecule has 2 unspecified atom stereocenters. The van der Waals surface area contributed by atoms with Crippen molar-refractivity contribution in [2.75, 3.05) is 26.7 Å². The number of halogens is 2. The molecule has 128 valence electrons. The van der Waals surface area contributed by atoms with Crippen molar-refractivity contribution < 1.29 is 23.2 Å². The van der Waals surface area contributed by atoms with E-state index < -0.39 is 29.6 Å². The highest BCUT2D eigenvalue weighted by atomic mass is 19.1. The Hall–Kier alpha value is -2.51. The summed E-state index contributed by atoms with van der Waals surface area (Å²) in [4.78, 5) is 41.2. The van der Waals surface area contributed by atoms with Gasteiger partial charge in [0.25, 0.3) is 5.91 Å². The number of nitrogens with zero attached hydrogens (tertiary/aromatic N) is 3. The first kappa shape index (κ1) is 16.4. The molecular weight excluding hydrogens is 320 g/mol. The van der Waals surface area contributed by atoms with Crippen molar-refractivity contribution in [2.45, 2.75) is 19.0 Å². The molecule has 0 aromatic heterocycles. The van der Waals surface area contributed by atoms with Crippen LogP contribution in [0.3, 0.4) is 0 Å². The highest BCUT2D eigenvalue weighted by Gasteiger charge is 2.45. The average molecular weight is 337 g/mol. The molecule has 2 atom stereocenters. The van der Waals surface area contributed by atoms with Crippen LogP contribution in [0.4, 0.5) is 8.78 Å². The van der Waals surface area contributed by atoms with Gasteiger partial charge in [-0.1, -0.05) is 0 Å². The van der Waals surface area contributed by atoms with Crippen molar-refractivity contribution in [1.82, 2.24) is 14.7 Å². The predicted molar refractivity (Wildman–Crippen MR) is 80.0 cm³/mol. The lowest BCUT2D eigenvalue weighted by molar-refractivity contribution is -0.162. The van der Waals surface area contributed by atoms with Crippen molar-refractivity contribution in [2.24, 2.45) is 0 Å². The fraction of sp³-hybridized carbons (Fsp3) is 0.438. The van der Waals surface area contributed by atoms with Crippen LogP contribution in [0.25, 0.3) is 0 Å². The number of hydrogen-bond donors (Lipinski definition) is 0. The molecule has 2 fully saturated rings. The van der Waals surface area contributed by atoms with Crippen LogP contribution in [0, 0.1) is 11.6 Å². The van der Waals surface area contributed by atoms with Crippen LogP contribution in [0.2, 0.25) is 0 Å². The van der Waals surface area contributed by atoms with Crippen LogP contribution in [0.15, 0.2) is 18.2 Å². The molecule has 1 aromatic rings. The number of piperazine rings is 2. The molecule has 2 heterocycles. The van der Waals surface area contributed by atoms with Crippen LogP contribution < -0.4 is 0 Å². The summed E-state index contributed by atoms with van der Waals surface area (Å²) >= 11 is 0. The summed E-state index contributed by atoms with van der Waals surface area (Å²) in [6.45, 7) is 1.98. The quantitative estimate of drug-likeness (QED) is 0.749. The first-order valence-corrected chi connectivity index (χ1v) is 7.62. The van der Waals surface area contributed by atoms with Gasteiger partial charge in [0.2, 0.25) is 11.8 Å². The van der Waals surface area contributed by atoms with Crippen LogP contribution in [-0.4, -0.2) is 71.2 Å². The normalized spacial score (nSPS) is 24.2. The topological polar surface area (TPSA) is 60.9 Å². The summed E-state index contributed by atoms with van der Waals surface area (Å²) in [5, 5.41) is 0. The highest BCUT2D eigenvalue weighted by molar-refractivity contribution is 5.99. The first-order valence-electron chi connectivity index (χ1n) is 7.62. The Morgan fingerprint density at radius 1 is 1.17 bits per heavy atom. The molecule has 3 rings (SSSR count). The van der Waals surface area contributed by atoms with Gasteiger partial charge in [-0.25, -0.2) is 8.78 Å². The van der Waals surface area contributed by atoms with Crippen LogP contribution >= 0.6 is 0 Å². The number of fused-ring (bicyclic) bond motifs is 1. The maximum absolute atomic E-state index is 13.8. The Labute approximate surface area is 137 Å². The van der Waals surface area contributed by atoms with E-state index in [1.807, 2.05) is 0 Å². The molecule has 0 aliphatic carbocycles. The largest absolute Gasteiger partial charge is 0.334 e. The van der Waals surface area contributed by atoms with Gasteiger partial charge in [-0.2, -0.15) is 0 Å². The molecule has 0 N–H and O–H groups in total. The molecule has 2 saturated heterocycles. The van der Waals surface area contributed by atoms with Gasteiger partial charge in [-0.05, 0) is 25.1 Å². The molecule has 0 saturated carbocycles. The van der Waals surface area contributed by atoms with E-state index in [1.165, 1.54) is 21.7 Å². The van der Waals surface area contributed by atoms with Gasteiger partial charge < -0.3 is 14.7 Å². The summed E-state index contributed by atoms with van der Waals surface area (Å²) in [5.74, 6) is -2.66. The van der Waals surface area contributed by atoms with Crippen molar-refractivity contribution in [1.29, 1.82) is 0 Å². The van der Waals surface area contributed by atoms with Gasteiger partial charge in [0.1, 0.15) is 23.7 Å². The summed E-state index contributed by atoms with van der Waals surface area (Å²) < 4.78 is 27.1. The maximum atomic E-state index is 13.8. The van der Waals surface area contributed by atoms with E-state index in [0.717, 1.165) is 18.2 Å². The zero-order valence-corrected chi connectivity index (χ0v) is 13.3. The Bertz CT molecular complexity index is 725. The molecule has 6 nitrogen and oxygen atoms in total. The van der Waals surface area contributed by atoms with E-state index in [0.29, 0.717) is 0 Å². The molecular formula is C16H17F2N3O3. The molecule has 0 bridgehead atoms. The average Bonchev–Trinajstić information content (AvgIpc) is 2.59. The second kappa shape index (κ2) is 5.85. The molecule has 2 aliphatic heterocycles. The van der Waals surface area contributed by atoms with Crippen molar-refractivity contribution in [3.8, 4) is 0 Å². The number of carbonyl (C=O) groups excluding carboxylic acids is 3. The molecule has 8 heteroatoms. The summed E-state index contributed by atoms with van der Waals surface area (Å²) in [6.07, 6.45) is 0. The number of rotatable bonds is 1. The van der Waals surface area contributed by atoms with Gasteiger partial charge >= 0.3 is 0 Å². The summed E-state index contributed by atoms with van der Waals surface area (Å²) in [7, 11) is 1.54. The Morgan fingerprint density at radius 3 is 2.58 bits per heavy atom. The molecule has 2 aliphatic rings. The highest BCUT2D eigenvalue weighted by Crippen LogP contribution is 2.22. The summed E-state index contributed by atoms with van der Waals surface area (Å²) in [6, 6.07) is 1.34. The lowest BCUT2D eigenvalue weighted by atomic mass is 10.0. The minimum atomic E-state index is -0.819. The number of hydrogen-bond acceptors (Lipinski definition) is 3. The van der Waals surface area contributed by atoms with Gasteiger partial charge in [-0.15, -0.1) is 0 Å².